The number of rotatable bonds is 6. The lowest BCUT2D eigenvalue weighted by Crippen LogP contribution is -2.47. The molecule has 4 nitrogen and oxygen atoms in total. The number of hydrogen-bond acceptors (Lipinski definition) is 5. The normalized spacial score (nSPS) is 22.2. The Labute approximate surface area is 126 Å². The molecule has 112 valence electrons. The fourth-order valence-corrected chi connectivity index (χ4v) is 3.81. The minimum atomic E-state index is 0.419. The summed E-state index contributed by atoms with van der Waals surface area (Å²) in [5.74, 6) is 1.01. The minimum absolute atomic E-state index is 0.419. The van der Waals surface area contributed by atoms with Gasteiger partial charge in [-0.2, -0.15) is 0 Å². The van der Waals surface area contributed by atoms with Crippen LogP contribution in [0.5, 0.6) is 0 Å². The Balaban J connectivity index is 1.52. The van der Waals surface area contributed by atoms with E-state index in [0.717, 1.165) is 25.6 Å². The molecule has 0 aromatic carbocycles. The van der Waals surface area contributed by atoms with Gasteiger partial charge in [0.15, 0.2) is 5.13 Å². The summed E-state index contributed by atoms with van der Waals surface area (Å²) in [4.78, 5) is 11.1. The molecule has 0 radical (unpaired) electrons. The van der Waals surface area contributed by atoms with Crippen LogP contribution < -0.4 is 10.2 Å². The monoisotopic (exact) mass is 294 g/mol. The van der Waals surface area contributed by atoms with Crippen molar-refractivity contribution < 1.29 is 0 Å². The molecule has 1 unspecified atom stereocenters. The summed E-state index contributed by atoms with van der Waals surface area (Å²) in [7, 11) is 0. The predicted octanol–water partition coefficient (Wildman–Crippen LogP) is 2.35. The SMILES string of the molecule is CCNC(C)c1cnc(N2CCN(CC3CC3)CC2)s1. The van der Waals surface area contributed by atoms with Crippen molar-refractivity contribution in [3.8, 4) is 0 Å². The summed E-state index contributed by atoms with van der Waals surface area (Å²) in [5.41, 5.74) is 0. The lowest BCUT2D eigenvalue weighted by atomic mass is 10.3. The summed E-state index contributed by atoms with van der Waals surface area (Å²) < 4.78 is 0. The van der Waals surface area contributed by atoms with Gasteiger partial charge in [0.2, 0.25) is 0 Å². The first-order chi connectivity index (χ1) is 9.76. The van der Waals surface area contributed by atoms with E-state index in [2.05, 4.69) is 33.9 Å². The first-order valence-corrected chi connectivity index (χ1v) is 8.74. The molecule has 1 atom stereocenters. The first kappa shape index (κ1) is 14.3. The molecular formula is C15H26N4S. The van der Waals surface area contributed by atoms with Crippen LogP contribution in [-0.2, 0) is 0 Å². The molecular weight excluding hydrogens is 268 g/mol. The topological polar surface area (TPSA) is 31.4 Å². The number of aromatic nitrogens is 1. The maximum atomic E-state index is 4.63. The Morgan fingerprint density at radius 1 is 1.35 bits per heavy atom. The zero-order valence-corrected chi connectivity index (χ0v) is 13.5. The zero-order valence-electron chi connectivity index (χ0n) is 12.6. The van der Waals surface area contributed by atoms with Crippen LogP contribution in [-0.4, -0.2) is 49.2 Å². The molecule has 1 aromatic rings. The van der Waals surface area contributed by atoms with E-state index in [0.29, 0.717) is 6.04 Å². The van der Waals surface area contributed by atoms with Crippen LogP contribution in [0.4, 0.5) is 5.13 Å². The largest absolute Gasteiger partial charge is 0.346 e. The molecule has 1 N–H and O–H groups in total. The van der Waals surface area contributed by atoms with E-state index >= 15 is 0 Å². The third-order valence-corrected chi connectivity index (χ3v) is 5.55. The van der Waals surface area contributed by atoms with Gasteiger partial charge in [-0.15, -0.1) is 11.3 Å². The Hall–Kier alpha value is -0.650. The Morgan fingerprint density at radius 2 is 2.10 bits per heavy atom. The quantitative estimate of drug-likeness (QED) is 0.872. The standard InChI is InChI=1S/C15H26N4S/c1-3-16-12(2)14-10-17-15(20-14)19-8-6-18(7-9-19)11-13-4-5-13/h10,12-13,16H,3-9,11H2,1-2H3. The van der Waals surface area contributed by atoms with Gasteiger partial charge in [-0.3, -0.25) is 4.90 Å². The minimum Gasteiger partial charge on any atom is -0.346 e. The molecule has 1 aliphatic heterocycles. The molecule has 20 heavy (non-hydrogen) atoms. The van der Waals surface area contributed by atoms with E-state index in [1.54, 1.807) is 0 Å². The highest BCUT2D eigenvalue weighted by molar-refractivity contribution is 7.15. The molecule has 1 saturated heterocycles. The van der Waals surface area contributed by atoms with E-state index in [4.69, 9.17) is 0 Å². The maximum Gasteiger partial charge on any atom is 0.185 e. The Kier molecular flexibility index (Phi) is 4.58. The zero-order chi connectivity index (χ0) is 13.9. The molecule has 5 heteroatoms. The van der Waals surface area contributed by atoms with E-state index in [1.807, 2.05) is 17.5 Å². The fraction of sp³-hybridized carbons (Fsp3) is 0.800. The number of thiazole rings is 1. The third-order valence-electron chi connectivity index (χ3n) is 4.30. The van der Waals surface area contributed by atoms with Crippen LogP contribution in [0.15, 0.2) is 6.20 Å². The molecule has 1 aliphatic carbocycles. The van der Waals surface area contributed by atoms with Crippen LogP contribution >= 0.6 is 11.3 Å². The summed E-state index contributed by atoms with van der Waals surface area (Å²) >= 11 is 1.85. The first-order valence-electron chi connectivity index (χ1n) is 7.92. The van der Waals surface area contributed by atoms with Gasteiger partial charge in [0, 0.05) is 49.8 Å². The van der Waals surface area contributed by atoms with Crippen molar-refractivity contribution in [1.82, 2.24) is 15.2 Å². The van der Waals surface area contributed by atoms with Crippen LogP contribution in [0.3, 0.4) is 0 Å². The van der Waals surface area contributed by atoms with Gasteiger partial charge in [0.1, 0.15) is 0 Å². The fourth-order valence-electron chi connectivity index (χ4n) is 2.82. The van der Waals surface area contributed by atoms with E-state index in [-0.39, 0.29) is 0 Å². The van der Waals surface area contributed by atoms with Gasteiger partial charge in [0.25, 0.3) is 0 Å². The predicted molar refractivity (Wildman–Crippen MR) is 85.6 cm³/mol. The smallest absolute Gasteiger partial charge is 0.185 e. The Morgan fingerprint density at radius 3 is 2.75 bits per heavy atom. The van der Waals surface area contributed by atoms with Crippen molar-refractivity contribution in [2.24, 2.45) is 5.92 Å². The summed E-state index contributed by atoms with van der Waals surface area (Å²) in [6, 6.07) is 0.419. The van der Waals surface area contributed by atoms with Gasteiger partial charge in [-0.05, 0) is 32.2 Å². The van der Waals surface area contributed by atoms with Gasteiger partial charge in [0.05, 0.1) is 0 Å². The number of anilines is 1. The highest BCUT2D eigenvalue weighted by Crippen LogP contribution is 2.31. The van der Waals surface area contributed by atoms with Crippen molar-refractivity contribution in [3.05, 3.63) is 11.1 Å². The molecule has 2 fully saturated rings. The molecule has 2 heterocycles. The average molecular weight is 294 g/mol. The van der Waals surface area contributed by atoms with E-state index < -0.39 is 0 Å². The number of hydrogen-bond donors (Lipinski definition) is 1. The van der Waals surface area contributed by atoms with Crippen molar-refractivity contribution >= 4 is 16.5 Å². The second kappa shape index (κ2) is 6.41. The average Bonchev–Trinajstić information content (AvgIpc) is 3.13. The highest BCUT2D eigenvalue weighted by atomic mass is 32.1. The highest BCUT2D eigenvalue weighted by Gasteiger charge is 2.27. The molecule has 3 rings (SSSR count). The van der Waals surface area contributed by atoms with Gasteiger partial charge < -0.3 is 10.2 Å². The molecule has 1 aromatic heterocycles. The number of nitrogens with one attached hydrogen (secondary N) is 1. The Bertz CT molecular complexity index is 421. The van der Waals surface area contributed by atoms with Crippen LogP contribution in [0.25, 0.3) is 0 Å². The molecule has 0 amide bonds. The number of piperazine rings is 1. The molecule has 0 bridgehead atoms. The van der Waals surface area contributed by atoms with Gasteiger partial charge in [-0.25, -0.2) is 4.98 Å². The molecule has 2 aliphatic rings. The van der Waals surface area contributed by atoms with E-state index in [9.17, 15) is 0 Å². The van der Waals surface area contributed by atoms with Crippen molar-refractivity contribution in [2.45, 2.75) is 32.7 Å². The maximum absolute atomic E-state index is 4.63. The van der Waals surface area contributed by atoms with E-state index in [1.165, 1.54) is 42.5 Å². The lowest BCUT2D eigenvalue weighted by Gasteiger charge is -2.34. The third kappa shape index (κ3) is 3.51. The van der Waals surface area contributed by atoms with Crippen LogP contribution in [0.2, 0.25) is 0 Å². The van der Waals surface area contributed by atoms with Crippen molar-refractivity contribution in [2.75, 3.05) is 44.2 Å². The summed E-state index contributed by atoms with van der Waals surface area (Å²) in [5, 5.41) is 4.66. The second-order valence-electron chi connectivity index (χ2n) is 6.06. The van der Waals surface area contributed by atoms with Crippen molar-refractivity contribution in [3.63, 3.8) is 0 Å². The lowest BCUT2D eigenvalue weighted by molar-refractivity contribution is 0.248. The van der Waals surface area contributed by atoms with Crippen LogP contribution in [0.1, 0.15) is 37.6 Å². The molecule has 1 saturated carbocycles. The second-order valence-corrected chi connectivity index (χ2v) is 7.10. The van der Waals surface area contributed by atoms with Gasteiger partial charge >= 0.3 is 0 Å². The summed E-state index contributed by atoms with van der Waals surface area (Å²) in [6.07, 6.45) is 4.96. The van der Waals surface area contributed by atoms with Crippen molar-refractivity contribution in [1.29, 1.82) is 0 Å². The van der Waals surface area contributed by atoms with Crippen LogP contribution in [0, 0.1) is 5.92 Å². The number of nitrogens with zero attached hydrogens (tertiary/aromatic N) is 3. The summed E-state index contributed by atoms with van der Waals surface area (Å²) in [6.45, 7) is 11.4. The van der Waals surface area contributed by atoms with Gasteiger partial charge in [-0.1, -0.05) is 6.92 Å². The molecule has 0 spiro atoms.